The minimum absolute atomic E-state index is 0.0273. The van der Waals surface area contributed by atoms with Crippen LogP contribution < -0.4 is 0 Å². The fourth-order valence-electron chi connectivity index (χ4n) is 1.94. The van der Waals surface area contributed by atoms with Crippen molar-refractivity contribution in [3.8, 4) is 0 Å². The van der Waals surface area contributed by atoms with Crippen molar-refractivity contribution in [1.82, 2.24) is 4.31 Å². The summed E-state index contributed by atoms with van der Waals surface area (Å²) in [6, 6.07) is 1.31. The summed E-state index contributed by atoms with van der Waals surface area (Å²) in [5.41, 5.74) is 0. The van der Waals surface area contributed by atoms with Crippen LogP contribution in [0.25, 0.3) is 0 Å². The molecule has 1 aliphatic heterocycles. The van der Waals surface area contributed by atoms with E-state index in [1.54, 1.807) is 0 Å². The number of sulfonamides is 1. The molecule has 2 rings (SSSR count). The molecule has 1 unspecified atom stereocenters. The van der Waals surface area contributed by atoms with Gasteiger partial charge in [0, 0.05) is 30.4 Å². The molecule has 0 spiro atoms. The predicted octanol–water partition coefficient (Wildman–Crippen LogP) is 1.89. The van der Waals surface area contributed by atoms with E-state index in [0.717, 1.165) is 10.6 Å². The van der Waals surface area contributed by atoms with E-state index in [9.17, 15) is 16.8 Å². The van der Waals surface area contributed by atoms with Gasteiger partial charge in [0.15, 0.2) is 14.5 Å². The molecule has 0 aliphatic carbocycles. The van der Waals surface area contributed by atoms with Gasteiger partial charge in [-0.15, -0.1) is 11.6 Å². The maximum Gasteiger partial charge on any atom is 0.248 e. The molecule has 1 saturated heterocycles. The molecule has 1 fully saturated rings. The zero-order valence-corrected chi connectivity index (χ0v) is 15.7. The number of nitrogens with zero attached hydrogens (tertiary/aromatic N) is 1. The molecule has 1 atom stereocenters. The van der Waals surface area contributed by atoms with Gasteiger partial charge in [-0.2, -0.15) is 16.1 Å². The topological polar surface area (TPSA) is 84.7 Å². The van der Waals surface area contributed by atoms with Crippen LogP contribution in [0, 0.1) is 0 Å². The number of thioether (sulfide) groups is 1. The van der Waals surface area contributed by atoms with Crippen molar-refractivity contribution in [2.75, 3.05) is 24.3 Å². The lowest BCUT2D eigenvalue weighted by atomic mass is 10.5. The summed E-state index contributed by atoms with van der Waals surface area (Å²) in [5.74, 6) is 1.09. The first-order valence-electron chi connectivity index (χ1n) is 5.80. The SMILES string of the molecule is CS(=O)(=O)C1CSCCN1S(=O)(=O)c1cc(CCl)oc1Br. The highest BCUT2D eigenvalue weighted by Gasteiger charge is 2.41. The van der Waals surface area contributed by atoms with E-state index in [0.29, 0.717) is 11.5 Å². The molecule has 1 aliphatic rings. The molecule has 120 valence electrons. The minimum atomic E-state index is -3.97. The van der Waals surface area contributed by atoms with Gasteiger partial charge in [-0.05, 0) is 15.9 Å². The monoisotopic (exact) mass is 437 g/mol. The van der Waals surface area contributed by atoms with E-state index in [4.69, 9.17) is 16.0 Å². The number of hydrogen-bond acceptors (Lipinski definition) is 6. The van der Waals surface area contributed by atoms with E-state index >= 15 is 0 Å². The van der Waals surface area contributed by atoms with Gasteiger partial charge in [0.2, 0.25) is 10.0 Å². The van der Waals surface area contributed by atoms with Crippen LogP contribution in [-0.4, -0.2) is 50.8 Å². The summed E-state index contributed by atoms with van der Waals surface area (Å²) in [7, 11) is -7.50. The Morgan fingerprint density at radius 3 is 2.67 bits per heavy atom. The van der Waals surface area contributed by atoms with E-state index in [1.165, 1.54) is 17.8 Å². The number of hydrogen-bond donors (Lipinski definition) is 0. The van der Waals surface area contributed by atoms with Crippen molar-refractivity contribution in [2.45, 2.75) is 16.1 Å². The van der Waals surface area contributed by atoms with Gasteiger partial charge in [-0.25, -0.2) is 16.8 Å². The van der Waals surface area contributed by atoms with E-state index < -0.39 is 25.2 Å². The molecular formula is C10H13BrClNO5S3. The Morgan fingerprint density at radius 1 is 1.48 bits per heavy atom. The highest BCUT2D eigenvalue weighted by Crippen LogP contribution is 2.33. The minimum Gasteiger partial charge on any atom is -0.452 e. The highest BCUT2D eigenvalue weighted by atomic mass is 79.9. The van der Waals surface area contributed by atoms with Gasteiger partial charge in [-0.3, -0.25) is 0 Å². The van der Waals surface area contributed by atoms with Crippen LogP contribution in [0.1, 0.15) is 5.76 Å². The van der Waals surface area contributed by atoms with Crippen LogP contribution in [0.3, 0.4) is 0 Å². The first-order valence-corrected chi connectivity index (χ1v) is 11.7. The normalized spacial score (nSPS) is 21.6. The van der Waals surface area contributed by atoms with Crippen molar-refractivity contribution in [1.29, 1.82) is 0 Å². The zero-order chi connectivity index (χ0) is 15.8. The molecule has 0 aromatic carbocycles. The highest BCUT2D eigenvalue weighted by molar-refractivity contribution is 9.10. The molecule has 0 N–H and O–H groups in total. The third kappa shape index (κ3) is 3.61. The summed E-state index contributed by atoms with van der Waals surface area (Å²) in [6.45, 7) is 0.137. The molecule has 0 saturated carbocycles. The Hall–Kier alpha value is 0.260. The molecule has 21 heavy (non-hydrogen) atoms. The lowest BCUT2D eigenvalue weighted by molar-refractivity contribution is 0.403. The van der Waals surface area contributed by atoms with Crippen LogP contribution in [0.15, 0.2) is 20.0 Å². The number of sulfone groups is 1. The summed E-state index contributed by atoms with van der Waals surface area (Å²) in [6.07, 6.45) is 1.04. The van der Waals surface area contributed by atoms with E-state index in [1.807, 2.05) is 0 Å². The summed E-state index contributed by atoms with van der Waals surface area (Å²) < 4.78 is 55.4. The van der Waals surface area contributed by atoms with Gasteiger partial charge in [-0.1, -0.05) is 0 Å². The van der Waals surface area contributed by atoms with E-state index in [-0.39, 0.29) is 27.7 Å². The third-order valence-electron chi connectivity index (χ3n) is 2.96. The Morgan fingerprint density at radius 2 is 2.14 bits per heavy atom. The first-order chi connectivity index (χ1) is 9.67. The molecule has 1 aromatic heterocycles. The van der Waals surface area contributed by atoms with Gasteiger partial charge >= 0.3 is 0 Å². The number of rotatable bonds is 4. The van der Waals surface area contributed by atoms with Crippen molar-refractivity contribution < 1.29 is 21.3 Å². The zero-order valence-electron chi connectivity index (χ0n) is 11.0. The average molecular weight is 439 g/mol. The summed E-state index contributed by atoms with van der Waals surface area (Å²) in [5, 5.41) is -1.07. The van der Waals surface area contributed by atoms with Crippen LogP contribution in [0.2, 0.25) is 0 Å². The molecular weight excluding hydrogens is 426 g/mol. The van der Waals surface area contributed by atoms with Crippen LogP contribution in [0.4, 0.5) is 0 Å². The average Bonchev–Trinajstić information content (AvgIpc) is 2.80. The lowest BCUT2D eigenvalue weighted by Gasteiger charge is -2.32. The van der Waals surface area contributed by atoms with Gasteiger partial charge in [0.25, 0.3) is 0 Å². The fraction of sp³-hybridized carbons (Fsp3) is 0.600. The fourth-order valence-corrected chi connectivity index (χ4v) is 8.21. The second-order valence-corrected chi connectivity index (χ2v) is 10.7. The molecule has 1 aromatic rings. The first kappa shape index (κ1) is 17.6. The second-order valence-electron chi connectivity index (χ2n) is 4.46. The number of halogens is 2. The van der Waals surface area contributed by atoms with Gasteiger partial charge in [0.05, 0.1) is 5.88 Å². The lowest BCUT2D eigenvalue weighted by Crippen LogP contribution is -2.49. The van der Waals surface area contributed by atoms with Gasteiger partial charge < -0.3 is 4.42 Å². The van der Waals surface area contributed by atoms with Crippen LogP contribution in [0.5, 0.6) is 0 Å². The predicted molar refractivity (Wildman–Crippen MR) is 85.8 cm³/mol. The van der Waals surface area contributed by atoms with Crippen molar-refractivity contribution in [3.05, 3.63) is 16.5 Å². The molecule has 11 heteroatoms. The standard InChI is InChI=1S/C10H13BrClNO5S3/c1-20(14,15)9-6-19-3-2-13(9)21(16,17)8-4-7(5-12)18-10(8)11/h4,9H,2-3,5-6H2,1H3. The summed E-state index contributed by atoms with van der Waals surface area (Å²) >= 11 is 10.1. The quantitative estimate of drug-likeness (QED) is 0.667. The Bertz CT molecular complexity index is 730. The Balaban J connectivity index is 2.48. The molecule has 0 radical (unpaired) electrons. The molecule has 2 heterocycles. The Labute approximate surface area is 141 Å². The van der Waals surface area contributed by atoms with E-state index in [2.05, 4.69) is 15.9 Å². The van der Waals surface area contributed by atoms with Crippen molar-refractivity contribution in [2.24, 2.45) is 0 Å². The third-order valence-corrected chi connectivity index (χ3v) is 8.76. The smallest absolute Gasteiger partial charge is 0.248 e. The van der Waals surface area contributed by atoms with Gasteiger partial charge in [0.1, 0.15) is 16.0 Å². The number of furan rings is 1. The Kier molecular flexibility index (Phi) is 5.37. The van der Waals surface area contributed by atoms with Crippen LogP contribution >= 0.6 is 39.3 Å². The van der Waals surface area contributed by atoms with Crippen LogP contribution in [-0.2, 0) is 25.7 Å². The largest absolute Gasteiger partial charge is 0.452 e. The number of alkyl halides is 1. The molecule has 0 bridgehead atoms. The molecule has 0 amide bonds. The maximum atomic E-state index is 12.7. The second kappa shape index (κ2) is 6.40. The molecule has 6 nitrogen and oxygen atoms in total. The van der Waals surface area contributed by atoms with Crippen molar-refractivity contribution >= 4 is 59.2 Å². The van der Waals surface area contributed by atoms with Crippen molar-refractivity contribution in [3.63, 3.8) is 0 Å². The maximum absolute atomic E-state index is 12.7. The summed E-state index contributed by atoms with van der Waals surface area (Å²) in [4.78, 5) is -0.0984.